The summed E-state index contributed by atoms with van der Waals surface area (Å²) in [7, 11) is 0. The van der Waals surface area contributed by atoms with E-state index in [0.717, 1.165) is 21.5 Å². The largest absolute Gasteiger partial charge is 0.397 e. The highest BCUT2D eigenvalue weighted by Crippen LogP contribution is 2.34. The maximum atomic E-state index is 8.89. The number of para-hydroxylation sites is 1. The van der Waals surface area contributed by atoms with Crippen LogP contribution in [0, 0.1) is 11.3 Å². The van der Waals surface area contributed by atoms with Crippen LogP contribution in [0.2, 0.25) is 0 Å². The Kier molecular flexibility index (Phi) is 3.61. The van der Waals surface area contributed by atoms with Crippen LogP contribution < -0.4 is 5.73 Å². The number of nitrogens with two attached hydrogens (primary N) is 1. The summed E-state index contributed by atoms with van der Waals surface area (Å²) in [6.45, 7) is 2.02. The minimum atomic E-state index is 0.496. The number of nitrogen functional groups attached to an aromatic ring is 1. The van der Waals surface area contributed by atoms with E-state index in [1.54, 1.807) is 6.07 Å². The molecule has 4 nitrogen and oxygen atoms in total. The summed E-state index contributed by atoms with van der Waals surface area (Å²) in [4.78, 5) is 5.20. The maximum absolute atomic E-state index is 8.89. The van der Waals surface area contributed by atoms with Crippen molar-refractivity contribution in [3.63, 3.8) is 0 Å². The highest BCUT2D eigenvalue weighted by molar-refractivity contribution is 8.01. The molecule has 0 saturated heterocycles. The quantitative estimate of drug-likeness (QED) is 0.861. The number of anilines is 1. The molecule has 2 rings (SSSR count). The van der Waals surface area contributed by atoms with Gasteiger partial charge in [0.15, 0.2) is 4.34 Å². The van der Waals surface area contributed by atoms with E-state index in [4.69, 9.17) is 11.0 Å². The monoisotopic (exact) mass is 262 g/mol. The average Bonchev–Trinajstić information content (AvgIpc) is 2.79. The van der Waals surface area contributed by atoms with E-state index < -0.39 is 0 Å². The zero-order valence-electron chi connectivity index (χ0n) is 9.17. The summed E-state index contributed by atoms with van der Waals surface area (Å²) in [5.41, 5.74) is 6.90. The Hall–Kier alpha value is -1.58. The van der Waals surface area contributed by atoms with Crippen molar-refractivity contribution in [1.82, 2.24) is 9.36 Å². The molecule has 1 aromatic heterocycles. The molecule has 0 radical (unpaired) electrons. The molecular weight excluding hydrogens is 252 g/mol. The third-order valence-corrected chi connectivity index (χ3v) is 4.01. The Morgan fingerprint density at radius 2 is 2.35 bits per heavy atom. The molecule has 1 heterocycles. The molecule has 0 spiro atoms. The molecule has 0 aliphatic rings. The van der Waals surface area contributed by atoms with Crippen LogP contribution in [0.1, 0.15) is 18.3 Å². The van der Waals surface area contributed by atoms with Gasteiger partial charge in [-0.15, -0.1) is 0 Å². The molecule has 0 bridgehead atoms. The zero-order valence-corrected chi connectivity index (χ0v) is 10.8. The van der Waals surface area contributed by atoms with Gasteiger partial charge in [0.1, 0.15) is 11.9 Å². The van der Waals surface area contributed by atoms with Gasteiger partial charge in [-0.3, -0.25) is 0 Å². The molecule has 17 heavy (non-hydrogen) atoms. The van der Waals surface area contributed by atoms with E-state index in [-0.39, 0.29) is 0 Å². The molecule has 0 aliphatic carbocycles. The summed E-state index contributed by atoms with van der Waals surface area (Å²) in [5.74, 6) is 0.840. The normalized spacial score (nSPS) is 10.1. The first-order valence-corrected chi connectivity index (χ1v) is 6.62. The van der Waals surface area contributed by atoms with Gasteiger partial charge in [0.25, 0.3) is 0 Å². The second kappa shape index (κ2) is 5.17. The van der Waals surface area contributed by atoms with Crippen LogP contribution in [0.3, 0.4) is 0 Å². The second-order valence-corrected chi connectivity index (χ2v) is 5.30. The maximum Gasteiger partial charge on any atom is 0.174 e. The van der Waals surface area contributed by atoms with Gasteiger partial charge in [-0.2, -0.15) is 9.64 Å². The van der Waals surface area contributed by atoms with E-state index in [0.29, 0.717) is 11.3 Å². The number of aromatic nitrogens is 2. The number of nitriles is 1. The summed E-state index contributed by atoms with van der Waals surface area (Å²) in [6, 6.07) is 7.47. The Morgan fingerprint density at radius 3 is 3.00 bits per heavy atom. The average molecular weight is 262 g/mol. The molecule has 2 N–H and O–H groups in total. The molecule has 0 aliphatic heterocycles. The van der Waals surface area contributed by atoms with Gasteiger partial charge in [-0.05, 0) is 23.7 Å². The highest BCUT2D eigenvalue weighted by atomic mass is 32.2. The minimum absolute atomic E-state index is 0.496. The van der Waals surface area contributed by atoms with Crippen molar-refractivity contribution in [3.05, 3.63) is 29.6 Å². The molecule has 6 heteroatoms. The predicted molar refractivity (Wildman–Crippen MR) is 69.0 cm³/mol. The molecule has 1 aromatic carbocycles. The van der Waals surface area contributed by atoms with Crippen LogP contribution in [-0.2, 0) is 6.42 Å². The fraction of sp³-hybridized carbons (Fsp3) is 0.182. The first-order valence-electron chi connectivity index (χ1n) is 5.03. The Bertz CT molecular complexity index is 571. The van der Waals surface area contributed by atoms with Gasteiger partial charge in [-0.25, -0.2) is 4.98 Å². The van der Waals surface area contributed by atoms with Crippen molar-refractivity contribution >= 4 is 29.0 Å². The van der Waals surface area contributed by atoms with Crippen LogP contribution >= 0.6 is 23.3 Å². The van der Waals surface area contributed by atoms with Crippen molar-refractivity contribution in [2.24, 2.45) is 0 Å². The second-order valence-electron chi connectivity index (χ2n) is 3.26. The van der Waals surface area contributed by atoms with Crippen LogP contribution in [0.5, 0.6) is 0 Å². The van der Waals surface area contributed by atoms with E-state index in [1.807, 2.05) is 19.1 Å². The first-order chi connectivity index (χ1) is 8.24. The van der Waals surface area contributed by atoms with E-state index in [1.165, 1.54) is 23.3 Å². The lowest BCUT2D eigenvalue weighted by atomic mass is 10.2. The molecule has 0 amide bonds. The third-order valence-electron chi connectivity index (χ3n) is 2.15. The van der Waals surface area contributed by atoms with Crippen molar-refractivity contribution in [2.75, 3.05) is 5.73 Å². The van der Waals surface area contributed by atoms with Crippen LogP contribution in [0.4, 0.5) is 5.69 Å². The molecule has 0 unspecified atom stereocenters. The van der Waals surface area contributed by atoms with Crippen molar-refractivity contribution in [2.45, 2.75) is 22.6 Å². The number of nitrogens with zero attached hydrogens (tertiary/aromatic N) is 3. The summed E-state index contributed by atoms with van der Waals surface area (Å²) < 4.78 is 5.06. The molecule has 0 saturated carbocycles. The predicted octanol–water partition coefficient (Wildman–Crippen LogP) is 2.71. The van der Waals surface area contributed by atoms with Gasteiger partial charge in [0.05, 0.1) is 11.3 Å². The standard InChI is InChI=1S/C11H10N4S2/c1-2-9-14-11(17-15-9)16-8-5-3-4-7(6-12)10(8)13/h3-5H,2,13H2,1H3. The van der Waals surface area contributed by atoms with Gasteiger partial charge in [-0.1, -0.05) is 24.8 Å². The Morgan fingerprint density at radius 1 is 1.53 bits per heavy atom. The van der Waals surface area contributed by atoms with E-state index in [9.17, 15) is 0 Å². The number of hydrogen-bond donors (Lipinski definition) is 1. The number of rotatable bonds is 3. The highest BCUT2D eigenvalue weighted by Gasteiger charge is 2.09. The lowest BCUT2D eigenvalue weighted by molar-refractivity contribution is 0.971. The SMILES string of the molecule is CCc1nsc(Sc2cccc(C#N)c2N)n1. The van der Waals surface area contributed by atoms with Crippen molar-refractivity contribution < 1.29 is 0 Å². The van der Waals surface area contributed by atoms with Gasteiger partial charge in [0.2, 0.25) is 0 Å². The Labute approximate surface area is 108 Å². The molecule has 86 valence electrons. The van der Waals surface area contributed by atoms with Gasteiger partial charge < -0.3 is 5.73 Å². The molecule has 0 atom stereocenters. The molecule has 2 aromatic rings. The summed E-state index contributed by atoms with van der Waals surface area (Å²) in [6.07, 6.45) is 0.824. The lowest BCUT2D eigenvalue weighted by Gasteiger charge is -2.03. The smallest absolute Gasteiger partial charge is 0.174 e. The Balaban J connectivity index is 2.27. The molecule has 0 fully saturated rings. The third kappa shape index (κ3) is 2.57. The van der Waals surface area contributed by atoms with Crippen molar-refractivity contribution in [1.29, 1.82) is 5.26 Å². The fourth-order valence-corrected chi connectivity index (χ4v) is 2.98. The lowest BCUT2D eigenvalue weighted by Crippen LogP contribution is -1.92. The van der Waals surface area contributed by atoms with Gasteiger partial charge in [0, 0.05) is 11.3 Å². The van der Waals surface area contributed by atoms with Crippen LogP contribution in [-0.4, -0.2) is 9.36 Å². The number of hydrogen-bond acceptors (Lipinski definition) is 6. The summed E-state index contributed by atoms with van der Waals surface area (Å²) >= 11 is 2.80. The topological polar surface area (TPSA) is 75.6 Å². The van der Waals surface area contributed by atoms with Crippen LogP contribution in [0.15, 0.2) is 27.4 Å². The number of benzene rings is 1. The van der Waals surface area contributed by atoms with Crippen LogP contribution in [0.25, 0.3) is 0 Å². The summed E-state index contributed by atoms with van der Waals surface area (Å²) in [5, 5.41) is 8.89. The minimum Gasteiger partial charge on any atom is -0.397 e. The van der Waals surface area contributed by atoms with Crippen molar-refractivity contribution in [3.8, 4) is 6.07 Å². The number of aryl methyl sites for hydroxylation is 1. The molecular formula is C11H10N4S2. The first kappa shape index (κ1) is 11.9. The van der Waals surface area contributed by atoms with E-state index in [2.05, 4.69) is 15.4 Å². The van der Waals surface area contributed by atoms with E-state index >= 15 is 0 Å². The fourth-order valence-electron chi connectivity index (χ4n) is 1.25. The van der Waals surface area contributed by atoms with Gasteiger partial charge >= 0.3 is 0 Å². The zero-order chi connectivity index (χ0) is 12.3.